The van der Waals surface area contributed by atoms with Crippen LogP contribution in [-0.4, -0.2) is 23.9 Å². The number of amides is 1. The predicted octanol–water partition coefficient (Wildman–Crippen LogP) is 3.86. The second-order valence-electron chi connectivity index (χ2n) is 5.87. The molecule has 0 spiro atoms. The number of nitrogens with zero attached hydrogens (tertiary/aromatic N) is 1. The van der Waals surface area contributed by atoms with Crippen molar-refractivity contribution in [3.05, 3.63) is 32.9 Å². The van der Waals surface area contributed by atoms with E-state index >= 15 is 0 Å². The summed E-state index contributed by atoms with van der Waals surface area (Å²) in [6.07, 6.45) is 2.20. The van der Waals surface area contributed by atoms with Crippen molar-refractivity contribution in [1.82, 2.24) is 4.90 Å². The average molecular weight is 357 g/mol. The van der Waals surface area contributed by atoms with E-state index < -0.39 is 0 Å². The van der Waals surface area contributed by atoms with Gasteiger partial charge in [-0.2, -0.15) is 0 Å². The summed E-state index contributed by atoms with van der Waals surface area (Å²) in [4.78, 5) is 14.5. The van der Waals surface area contributed by atoms with E-state index in [1.165, 1.54) is 0 Å². The van der Waals surface area contributed by atoms with Gasteiger partial charge in [0.25, 0.3) is 5.91 Å². The van der Waals surface area contributed by atoms with Crippen molar-refractivity contribution in [3.8, 4) is 0 Å². The van der Waals surface area contributed by atoms with Gasteiger partial charge < -0.3 is 4.90 Å². The molecule has 98 valence electrons. The normalized spacial score (nSPS) is 18.8. The first kappa shape index (κ1) is 13.8. The van der Waals surface area contributed by atoms with Crippen LogP contribution in [-0.2, 0) is 0 Å². The molecule has 1 aromatic rings. The molecule has 0 atom stereocenters. The van der Waals surface area contributed by atoms with E-state index in [9.17, 15) is 4.79 Å². The molecular weight excluding hydrogens is 337 g/mol. The highest BCUT2D eigenvalue weighted by atomic mass is 127. The van der Waals surface area contributed by atoms with Crippen LogP contribution < -0.4 is 0 Å². The van der Waals surface area contributed by atoms with Crippen LogP contribution >= 0.6 is 22.6 Å². The summed E-state index contributed by atoms with van der Waals surface area (Å²) in [6, 6.07) is 5.96. The number of hydrogen-bond acceptors (Lipinski definition) is 1. The fraction of sp³-hybridized carbons (Fsp3) is 0.533. The summed E-state index contributed by atoms with van der Waals surface area (Å²) >= 11 is 2.29. The Labute approximate surface area is 123 Å². The van der Waals surface area contributed by atoms with Crippen LogP contribution in [0.1, 0.15) is 42.6 Å². The maximum atomic E-state index is 12.5. The summed E-state index contributed by atoms with van der Waals surface area (Å²) in [5.41, 5.74) is 2.35. The molecule has 0 aromatic heterocycles. The van der Waals surface area contributed by atoms with Crippen LogP contribution in [0.5, 0.6) is 0 Å². The molecule has 3 heteroatoms. The van der Waals surface area contributed by atoms with Crippen LogP contribution in [0.4, 0.5) is 0 Å². The van der Waals surface area contributed by atoms with Crippen LogP contribution in [0, 0.1) is 15.9 Å². The molecule has 0 N–H and O–H groups in total. The number of hydrogen-bond donors (Lipinski definition) is 0. The molecule has 1 aliphatic rings. The number of piperidine rings is 1. The van der Waals surface area contributed by atoms with Gasteiger partial charge in [-0.05, 0) is 65.5 Å². The minimum absolute atomic E-state index is 0.196. The predicted molar refractivity (Wildman–Crippen MR) is 82.8 cm³/mol. The highest BCUT2D eigenvalue weighted by Crippen LogP contribution is 2.30. The minimum Gasteiger partial charge on any atom is -0.339 e. The van der Waals surface area contributed by atoms with Gasteiger partial charge in [0.2, 0.25) is 0 Å². The quantitative estimate of drug-likeness (QED) is 0.699. The van der Waals surface area contributed by atoms with Crippen molar-refractivity contribution < 1.29 is 4.79 Å². The fourth-order valence-corrected chi connectivity index (χ4v) is 2.82. The number of likely N-dealkylation sites (tertiary alicyclic amines) is 1. The van der Waals surface area contributed by atoms with Gasteiger partial charge in [0.05, 0.1) is 0 Å². The van der Waals surface area contributed by atoms with E-state index in [1.807, 2.05) is 30.0 Å². The Hall–Kier alpha value is -0.580. The highest BCUT2D eigenvalue weighted by molar-refractivity contribution is 14.1. The molecular formula is C15H20INO. The Morgan fingerprint density at radius 3 is 2.50 bits per heavy atom. The molecule has 1 amide bonds. The molecule has 18 heavy (non-hydrogen) atoms. The van der Waals surface area contributed by atoms with Crippen LogP contribution in [0.25, 0.3) is 0 Å². The first-order valence-electron chi connectivity index (χ1n) is 6.45. The molecule has 0 aliphatic carbocycles. The number of halogens is 1. The largest absolute Gasteiger partial charge is 0.339 e. The van der Waals surface area contributed by atoms with Crippen LogP contribution in [0.15, 0.2) is 18.2 Å². The third kappa shape index (κ3) is 2.87. The van der Waals surface area contributed by atoms with Gasteiger partial charge in [0.1, 0.15) is 0 Å². The standard InChI is InChI=1S/C15H20INO/c1-11-12(5-4-6-13(11)16)14(18)17-9-7-15(2,3)8-10-17/h4-6H,7-10H2,1-3H3. The zero-order valence-corrected chi connectivity index (χ0v) is 13.5. The number of rotatable bonds is 1. The van der Waals surface area contributed by atoms with Crippen molar-refractivity contribution in [1.29, 1.82) is 0 Å². The lowest BCUT2D eigenvalue weighted by molar-refractivity contribution is 0.0629. The van der Waals surface area contributed by atoms with Crippen molar-refractivity contribution in [3.63, 3.8) is 0 Å². The second-order valence-corrected chi connectivity index (χ2v) is 7.03. The van der Waals surface area contributed by atoms with Crippen molar-refractivity contribution in [2.45, 2.75) is 33.6 Å². The maximum Gasteiger partial charge on any atom is 0.254 e. The molecule has 0 bridgehead atoms. The van der Waals surface area contributed by atoms with Gasteiger partial charge in [-0.1, -0.05) is 19.9 Å². The van der Waals surface area contributed by atoms with Gasteiger partial charge in [0, 0.05) is 22.2 Å². The van der Waals surface area contributed by atoms with Crippen LogP contribution in [0.2, 0.25) is 0 Å². The summed E-state index contributed by atoms with van der Waals surface area (Å²) in [5, 5.41) is 0. The van der Waals surface area contributed by atoms with Gasteiger partial charge >= 0.3 is 0 Å². The zero-order valence-electron chi connectivity index (χ0n) is 11.3. The number of benzene rings is 1. The Morgan fingerprint density at radius 2 is 1.89 bits per heavy atom. The lowest BCUT2D eigenvalue weighted by Gasteiger charge is -2.37. The van der Waals surface area contributed by atoms with E-state index in [0.29, 0.717) is 5.41 Å². The topological polar surface area (TPSA) is 20.3 Å². The van der Waals surface area contributed by atoms with Crippen molar-refractivity contribution in [2.75, 3.05) is 13.1 Å². The Kier molecular flexibility index (Phi) is 3.99. The summed E-state index contributed by atoms with van der Waals surface area (Å²) in [5.74, 6) is 0.196. The Bertz CT molecular complexity index is 458. The third-order valence-electron chi connectivity index (χ3n) is 3.90. The molecule has 1 aromatic carbocycles. The molecule has 2 rings (SSSR count). The molecule has 1 heterocycles. The lowest BCUT2D eigenvalue weighted by atomic mass is 9.82. The van der Waals surface area contributed by atoms with Crippen LogP contribution in [0.3, 0.4) is 0 Å². The van der Waals surface area contributed by atoms with Gasteiger partial charge in [-0.15, -0.1) is 0 Å². The van der Waals surface area contributed by atoms with Gasteiger partial charge in [0.15, 0.2) is 0 Å². The van der Waals surface area contributed by atoms with E-state index in [4.69, 9.17) is 0 Å². The Morgan fingerprint density at radius 1 is 1.28 bits per heavy atom. The first-order valence-corrected chi connectivity index (χ1v) is 7.53. The minimum atomic E-state index is 0.196. The lowest BCUT2D eigenvalue weighted by Crippen LogP contribution is -2.41. The molecule has 2 nitrogen and oxygen atoms in total. The first-order chi connectivity index (χ1) is 8.41. The molecule has 1 saturated heterocycles. The molecule has 0 saturated carbocycles. The van der Waals surface area contributed by atoms with E-state index in [-0.39, 0.29) is 5.91 Å². The SMILES string of the molecule is Cc1c(I)cccc1C(=O)N1CCC(C)(C)CC1. The number of carbonyl (C=O) groups excluding carboxylic acids is 1. The second kappa shape index (κ2) is 5.19. The smallest absolute Gasteiger partial charge is 0.254 e. The third-order valence-corrected chi connectivity index (χ3v) is 5.07. The van der Waals surface area contributed by atoms with E-state index in [0.717, 1.165) is 40.6 Å². The molecule has 0 radical (unpaired) electrons. The summed E-state index contributed by atoms with van der Waals surface area (Å²) in [6.45, 7) is 8.37. The Balaban J connectivity index is 2.15. The summed E-state index contributed by atoms with van der Waals surface area (Å²) in [7, 11) is 0. The van der Waals surface area contributed by atoms with E-state index in [1.54, 1.807) is 0 Å². The summed E-state index contributed by atoms with van der Waals surface area (Å²) < 4.78 is 1.16. The molecule has 1 aliphatic heterocycles. The van der Waals surface area contributed by atoms with Crippen molar-refractivity contribution >= 4 is 28.5 Å². The monoisotopic (exact) mass is 357 g/mol. The molecule has 0 unspecified atom stereocenters. The van der Waals surface area contributed by atoms with E-state index in [2.05, 4.69) is 36.4 Å². The number of carbonyl (C=O) groups is 1. The average Bonchev–Trinajstić information content (AvgIpc) is 2.32. The molecule has 1 fully saturated rings. The van der Waals surface area contributed by atoms with Gasteiger partial charge in [-0.3, -0.25) is 4.79 Å². The van der Waals surface area contributed by atoms with Gasteiger partial charge in [-0.25, -0.2) is 0 Å². The van der Waals surface area contributed by atoms with Crippen molar-refractivity contribution in [2.24, 2.45) is 5.41 Å². The maximum absolute atomic E-state index is 12.5. The highest BCUT2D eigenvalue weighted by Gasteiger charge is 2.28. The zero-order chi connectivity index (χ0) is 13.3. The fourth-order valence-electron chi connectivity index (χ4n) is 2.32.